The number of hydrogen-bond acceptors (Lipinski definition) is 10. The van der Waals surface area contributed by atoms with E-state index >= 15 is 0 Å². The molecule has 4 heterocycles. The fourth-order valence-corrected chi connectivity index (χ4v) is 3.70. The molecule has 3 aromatic rings. The van der Waals surface area contributed by atoms with Crippen LogP contribution in [0.5, 0.6) is 6.01 Å². The maximum Gasteiger partial charge on any atom is 0.414 e. The lowest BCUT2D eigenvalue weighted by atomic mass is 10.1. The third kappa shape index (κ3) is 6.18. The van der Waals surface area contributed by atoms with Gasteiger partial charge in [0.1, 0.15) is 18.1 Å². The fourth-order valence-electron chi connectivity index (χ4n) is 3.70. The molecule has 200 valence electrons. The largest absolute Gasteiger partial charge is 0.446 e. The number of nitrogens with one attached hydrogen (secondary N) is 1. The first kappa shape index (κ1) is 26.4. The van der Waals surface area contributed by atoms with E-state index in [0.29, 0.717) is 29.7 Å². The number of rotatable bonds is 6. The first-order chi connectivity index (χ1) is 18.2. The van der Waals surface area contributed by atoms with Crippen LogP contribution in [0.15, 0.2) is 36.8 Å². The van der Waals surface area contributed by atoms with Gasteiger partial charge >= 0.3 is 17.9 Å². The standard InChI is InChI=1S/C17H17FN4O4.C6H7N3O3/c1-10(24)19-6-13-8-22(17(25)26-13)12-2-3-14(15(18)4-12)16-7-20-11(9-23)5-21-16;10-9(11)5-4-8-2-1-3-12-6(8)7-5/h2-5,7,13,23H,6,8-9H2,1H3,(H,19,24);4H,1-3H2. The Labute approximate surface area is 215 Å². The second-order valence-corrected chi connectivity index (χ2v) is 8.30. The highest BCUT2D eigenvalue weighted by molar-refractivity contribution is 5.90. The van der Waals surface area contributed by atoms with Crippen molar-refractivity contribution in [3.63, 3.8) is 0 Å². The van der Waals surface area contributed by atoms with E-state index in [1.807, 2.05) is 0 Å². The molecule has 1 saturated heterocycles. The summed E-state index contributed by atoms with van der Waals surface area (Å²) in [6.45, 7) is 2.88. The van der Waals surface area contributed by atoms with Gasteiger partial charge in [-0.25, -0.2) is 9.18 Å². The second kappa shape index (κ2) is 11.6. The van der Waals surface area contributed by atoms with Gasteiger partial charge in [0.05, 0.1) is 55.8 Å². The van der Waals surface area contributed by atoms with E-state index in [1.54, 1.807) is 10.6 Å². The monoisotopic (exact) mass is 529 g/mol. The van der Waals surface area contributed by atoms with Gasteiger partial charge in [-0.05, 0) is 29.5 Å². The number of fused-ring (bicyclic) bond motifs is 1. The van der Waals surface area contributed by atoms with Crippen molar-refractivity contribution in [3.05, 3.63) is 58.4 Å². The number of imidazole rings is 1. The Bertz CT molecular complexity index is 1310. The average molecular weight is 529 g/mol. The SMILES string of the molecule is CC(=O)NCC1CN(c2ccc(-c3cnc(CO)cn3)c(F)c2)C(=O)O1.O=[N+]([O-])c1cn2c(n1)OCCC2. The van der Waals surface area contributed by atoms with Crippen molar-refractivity contribution in [2.24, 2.45) is 0 Å². The molecule has 1 atom stereocenters. The van der Waals surface area contributed by atoms with Crippen LogP contribution in [0.3, 0.4) is 0 Å². The minimum Gasteiger partial charge on any atom is -0.446 e. The smallest absolute Gasteiger partial charge is 0.414 e. The van der Waals surface area contributed by atoms with Crippen LogP contribution in [0.1, 0.15) is 19.0 Å². The zero-order valence-corrected chi connectivity index (χ0v) is 20.2. The summed E-state index contributed by atoms with van der Waals surface area (Å²) in [5.74, 6) is -0.929. The minimum absolute atomic E-state index is 0.146. The van der Waals surface area contributed by atoms with Crippen molar-refractivity contribution in [3.8, 4) is 17.3 Å². The van der Waals surface area contributed by atoms with Crippen LogP contribution < -0.4 is 15.0 Å². The number of aromatic nitrogens is 4. The number of amides is 2. The van der Waals surface area contributed by atoms with Crippen LogP contribution >= 0.6 is 0 Å². The summed E-state index contributed by atoms with van der Waals surface area (Å²) in [6.07, 6.45) is 3.92. The summed E-state index contributed by atoms with van der Waals surface area (Å²) in [4.78, 5) is 45.8. The molecule has 1 fully saturated rings. The number of benzene rings is 1. The van der Waals surface area contributed by atoms with Gasteiger partial charge < -0.3 is 30.0 Å². The van der Waals surface area contributed by atoms with Gasteiger partial charge in [-0.3, -0.25) is 24.2 Å². The predicted molar refractivity (Wildman–Crippen MR) is 129 cm³/mol. The molecule has 0 bridgehead atoms. The number of hydrogen-bond donors (Lipinski definition) is 2. The van der Waals surface area contributed by atoms with Crippen molar-refractivity contribution in [2.45, 2.75) is 32.6 Å². The Morgan fingerprint density at radius 2 is 2.16 bits per heavy atom. The number of aryl methyl sites for hydroxylation is 1. The van der Waals surface area contributed by atoms with Crippen LogP contribution in [0.25, 0.3) is 11.3 Å². The Kier molecular flexibility index (Phi) is 8.06. The summed E-state index contributed by atoms with van der Waals surface area (Å²) in [7, 11) is 0. The van der Waals surface area contributed by atoms with Gasteiger partial charge in [-0.2, -0.15) is 0 Å². The molecular formula is C23H24FN7O7. The molecule has 2 N–H and O–H groups in total. The van der Waals surface area contributed by atoms with E-state index in [4.69, 9.17) is 14.6 Å². The summed E-state index contributed by atoms with van der Waals surface area (Å²) >= 11 is 0. The number of cyclic esters (lactones) is 1. The van der Waals surface area contributed by atoms with Gasteiger partial charge in [0, 0.05) is 24.0 Å². The van der Waals surface area contributed by atoms with Gasteiger partial charge in [0.2, 0.25) is 5.91 Å². The number of nitrogens with zero attached hydrogens (tertiary/aromatic N) is 6. The number of ether oxygens (including phenoxy) is 2. The van der Waals surface area contributed by atoms with E-state index in [0.717, 1.165) is 13.0 Å². The molecule has 2 amide bonds. The van der Waals surface area contributed by atoms with Crippen LogP contribution in [0, 0.1) is 15.9 Å². The Hall–Kier alpha value is -4.66. The minimum atomic E-state index is -0.598. The van der Waals surface area contributed by atoms with Gasteiger partial charge in [-0.15, -0.1) is 0 Å². The van der Waals surface area contributed by atoms with Gasteiger partial charge in [0.25, 0.3) is 0 Å². The normalized spacial score (nSPS) is 16.0. The van der Waals surface area contributed by atoms with Crippen molar-refractivity contribution in [1.82, 2.24) is 24.8 Å². The molecule has 2 aromatic heterocycles. The van der Waals surface area contributed by atoms with E-state index < -0.39 is 22.9 Å². The van der Waals surface area contributed by atoms with E-state index in [-0.39, 0.29) is 37.0 Å². The molecule has 0 spiro atoms. The Balaban J connectivity index is 0.000000232. The third-order valence-corrected chi connectivity index (χ3v) is 5.55. The van der Waals surface area contributed by atoms with Crippen molar-refractivity contribution < 1.29 is 33.5 Å². The van der Waals surface area contributed by atoms with Crippen LogP contribution in [-0.4, -0.2) is 67.3 Å². The van der Waals surface area contributed by atoms with Gasteiger partial charge in [0.15, 0.2) is 0 Å². The average Bonchev–Trinajstić information content (AvgIpc) is 3.51. The lowest BCUT2D eigenvalue weighted by Gasteiger charge is -2.14. The molecule has 0 radical (unpaired) electrons. The summed E-state index contributed by atoms with van der Waals surface area (Å²) < 4.78 is 26.4. The molecule has 1 aromatic carbocycles. The molecular weight excluding hydrogens is 505 g/mol. The molecule has 15 heteroatoms. The molecule has 38 heavy (non-hydrogen) atoms. The molecule has 2 aliphatic heterocycles. The molecule has 0 aliphatic carbocycles. The first-order valence-electron chi connectivity index (χ1n) is 11.5. The summed E-state index contributed by atoms with van der Waals surface area (Å²) in [5, 5.41) is 21.9. The third-order valence-electron chi connectivity index (χ3n) is 5.55. The van der Waals surface area contributed by atoms with E-state index in [9.17, 15) is 24.1 Å². The Morgan fingerprint density at radius 1 is 1.34 bits per heavy atom. The second-order valence-electron chi connectivity index (χ2n) is 8.30. The number of nitro groups is 1. The maximum atomic E-state index is 14.5. The van der Waals surface area contributed by atoms with Gasteiger partial charge in [-0.1, -0.05) is 0 Å². The maximum absolute atomic E-state index is 14.5. The number of carbonyl (C=O) groups excluding carboxylic acids is 2. The predicted octanol–water partition coefficient (Wildman–Crippen LogP) is 1.81. The highest BCUT2D eigenvalue weighted by atomic mass is 19.1. The molecule has 5 rings (SSSR count). The zero-order chi connectivity index (χ0) is 27.2. The number of aliphatic hydroxyl groups excluding tert-OH is 1. The highest BCUT2D eigenvalue weighted by Gasteiger charge is 2.32. The molecule has 14 nitrogen and oxygen atoms in total. The molecule has 1 unspecified atom stereocenters. The zero-order valence-electron chi connectivity index (χ0n) is 20.2. The van der Waals surface area contributed by atoms with Crippen molar-refractivity contribution in [2.75, 3.05) is 24.6 Å². The van der Waals surface area contributed by atoms with E-state index in [1.165, 1.54) is 42.5 Å². The Morgan fingerprint density at radius 3 is 2.79 bits per heavy atom. The van der Waals surface area contributed by atoms with Crippen molar-refractivity contribution >= 4 is 23.5 Å². The summed E-state index contributed by atoms with van der Waals surface area (Å²) in [5.41, 5.74) is 1.28. The topological polar surface area (TPSA) is 175 Å². The number of halogens is 1. The highest BCUT2D eigenvalue weighted by Crippen LogP contribution is 2.28. The first-order valence-corrected chi connectivity index (χ1v) is 11.5. The lowest BCUT2D eigenvalue weighted by molar-refractivity contribution is -0.389. The van der Waals surface area contributed by atoms with Crippen LogP contribution in [-0.2, 0) is 22.7 Å². The number of aliphatic hydroxyl groups is 1. The number of carbonyl (C=O) groups is 2. The molecule has 0 saturated carbocycles. The van der Waals surface area contributed by atoms with Crippen molar-refractivity contribution in [1.29, 1.82) is 0 Å². The van der Waals surface area contributed by atoms with Crippen LogP contribution in [0.4, 0.5) is 20.7 Å². The van der Waals surface area contributed by atoms with E-state index in [2.05, 4.69) is 20.3 Å². The lowest BCUT2D eigenvalue weighted by Crippen LogP contribution is -2.33. The number of anilines is 1. The summed E-state index contributed by atoms with van der Waals surface area (Å²) in [6, 6.07) is 4.66. The fraction of sp³-hybridized carbons (Fsp3) is 0.348. The van der Waals surface area contributed by atoms with Crippen LogP contribution in [0.2, 0.25) is 0 Å². The quantitative estimate of drug-likeness (QED) is 0.354. The molecule has 2 aliphatic rings.